The van der Waals surface area contributed by atoms with Crippen LogP contribution in [0.1, 0.15) is 37.9 Å². The van der Waals surface area contributed by atoms with Crippen molar-refractivity contribution in [2.75, 3.05) is 13.2 Å². The highest BCUT2D eigenvalue weighted by atomic mass is 127. The molecule has 7 nitrogen and oxygen atoms in total. The zero-order valence-corrected chi connectivity index (χ0v) is 22.9. The number of aromatic nitrogens is 1. The van der Waals surface area contributed by atoms with Crippen LogP contribution in [-0.4, -0.2) is 28.9 Å². The number of fused-ring (bicyclic) bond motifs is 1. The van der Waals surface area contributed by atoms with Crippen molar-refractivity contribution < 1.29 is 19.4 Å². The van der Waals surface area contributed by atoms with Gasteiger partial charge in [-0.15, -0.1) is 0 Å². The van der Waals surface area contributed by atoms with Gasteiger partial charge in [0.1, 0.15) is 0 Å². The smallest absolute Gasteiger partial charge is 0.338 e. The molecule has 1 atom stereocenters. The summed E-state index contributed by atoms with van der Waals surface area (Å²) in [4.78, 5) is 31.6. The number of thiazole rings is 1. The van der Waals surface area contributed by atoms with E-state index in [0.717, 1.165) is 5.56 Å². The van der Waals surface area contributed by atoms with E-state index in [2.05, 4.69) is 4.99 Å². The van der Waals surface area contributed by atoms with Crippen LogP contribution in [0.5, 0.6) is 11.5 Å². The van der Waals surface area contributed by atoms with Crippen molar-refractivity contribution in [2.45, 2.75) is 26.8 Å². The summed E-state index contributed by atoms with van der Waals surface area (Å²) in [7, 11) is 0. The van der Waals surface area contributed by atoms with E-state index in [0.29, 0.717) is 47.1 Å². The third-order valence-corrected chi connectivity index (χ3v) is 7.41. The Hall–Kier alpha value is -2.63. The maximum atomic E-state index is 13.7. The number of allylic oxidation sites excluding steroid dienone is 1. The van der Waals surface area contributed by atoms with Gasteiger partial charge in [-0.05, 0) is 84.8 Å². The summed E-state index contributed by atoms with van der Waals surface area (Å²) >= 11 is 9.34. The molecule has 0 saturated carbocycles. The first-order chi connectivity index (χ1) is 16.7. The molecule has 0 spiro atoms. The average molecular weight is 625 g/mol. The largest absolute Gasteiger partial charge is 0.504 e. The first-order valence-corrected chi connectivity index (χ1v) is 13.1. The van der Waals surface area contributed by atoms with E-state index in [1.807, 2.05) is 29.5 Å². The molecule has 0 bridgehead atoms. The highest BCUT2D eigenvalue weighted by Crippen LogP contribution is 2.33. The lowest BCUT2D eigenvalue weighted by molar-refractivity contribution is -0.139. The Balaban J connectivity index is 1.93. The van der Waals surface area contributed by atoms with E-state index in [9.17, 15) is 14.7 Å². The summed E-state index contributed by atoms with van der Waals surface area (Å²) in [6.07, 6.45) is 1.73. The second kappa shape index (κ2) is 10.5. The van der Waals surface area contributed by atoms with Crippen LogP contribution in [0.3, 0.4) is 0 Å². The zero-order valence-electron chi connectivity index (χ0n) is 19.2. The number of halogens is 2. The number of carbonyl (C=O) groups is 1. The zero-order chi connectivity index (χ0) is 25.3. The predicted octanol–water partition coefficient (Wildman–Crippen LogP) is 4.16. The SMILES string of the molecule is CCOC(=O)C1=C(C)N=c2sc(=Cc3cc(I)c(O)c(OCC)c3)c(=O)n2[C@H]1c1ccc(Cl)cc1. The molecule has 35 heavy (non-hydrogen) atoms. The predicted molar refractivity (Wildman–Crippen MR) is 144 cm³/mol. The van der Waals surface area contributed by atoms with Crippen LogP contribution >= 0.6 is 45.5 Å². The Kier molecular flexibility index (Phi) is 7.67. The number of carbonyl (C=O) groups excluding carboxylic acids is 1. The third kappa shape index (κ3) is 5.03. The molecule has 0 saturated heterocycles. The Labute approximate surface area is 224 Å². The van der Waals surface area contributed by atoms with Crippen molar-refractivity contribution >= 4 is 57.6 Å². The molecule has 182 valence electrons. The van der Waals surface area contributed by atoms with Crippen LogP contribution in [0.15, 0.2) is 57.5 Å². The van der Waals surface area contributed by atoms with Crippen molar-refractivity contribution in [1.82, 2.24) is 4.57 Å². The second-order valence-electron chi connectivity index (χ2n) is 7.64. The number of hydrogen-bond donors (Lipinski definition) is 1. The van der Waals surface area contributed by atoms with Crippen LogP contribution in [0.4, 0.5) is 0 Å². The fraction of sp³-hybridized carbons (Fsp3) is 0.240. The van der Waals surface area contributed by atoms with E-state index < -0.39 is 12.0 Å². The average Bonchev–Trinajstić information content (AvgIpc) is 3.11. The lowest BCUT2D eigenvalue weighted by atomic mass is 9.96. The van der Waals surface area contributed by atoms with Gasteiger partial charge in [0.15, 0.2) is 16.3 Å². The number of aromatic hydroxyl groups is 1. The van der Waals surface area contributed by atoms with Gasteiger partial charge in [0, 0.05) is 5.02 Å². The molecule has 1 aliphatic rings. The van der Waals surface area contributed by atoms with Gasteiger partial charge in [0.2, 0.25) is 0 Å². The molecule has 0 unspecified atom stereocenters. The fourth-order valence-electron chi connectivity index (χ4n) is 3.85. The van der Waals surface area contributed by atoms with Gasteiger partial charge in [0.25, 0.3) is 5.56 Å². The first-order valence-electron chi connectivity index (χ1n) is 10.9. The summed E-state index contributed by atoms with van der Waals surface area (Å²) < 4.78 is 13.4. The standard InChI is InChI=1S/C25H22ClIN2O5S/c1-4-33-18-11-14(10-17(27)22(18)30)12-19-23(31)29-21(15-6-8-16(26)9-7-15)20(24(32)34-5-2)13(3)28-25(29)35-19/h6-12,21,30H,4-5H2,1-3H3/t21-/m0/s1. The number of phenols is 1. The quantitative estimate of drug-likeness (QED) is 0.329. The maximum Gasteiger partial charge on any atom is 0.338 e. The molecule has 2 heterocycles. The Morgan fingerprint density at radius 2 is 1.97 bits per heavy atom. The van der Waals surface area contributed by atoms with E-state index >= 15 is 0 Å². The summed E-state index contributed by atoms with van der Waals surface area (Å²) in [6.45, 7) is 5.90. The van der Waals surface area contributed by atoms with Gasteiger partial charge in [-0.3, -0.25) is 9.36 Å². The molecule has 10 heteroatoms. The highest BCUT2D eigenvalue weighted by molar-refractivity contribution is 14.1. The molecule has 0 radical (unpaired) electrons. The number of phenolic OH excluding ortho intramolecular Hbond substituents is 1. The highest BCUT2D eigenvalue weighted by Gasteiger charge is 2.33. The number of rotatable bonds is 6. The number of hydrogen-bond acceptors (Lipinski definition) is 7. The van der Waals surface area contributed by atoms with Crippen LogP contribution in [0.25, 0.3) is 6.08 Å². The van der Waals surface area contributed by atoms with Gasteiger partial charge in [-0.2, -0.15) is 0 Å². The molecular weight excluding hydrogens is 603 g/mol. The lowest BCUT2D eigenvalue weighted by Crippen LogP contribution is -2.39. The molecule has 2 aromatic carbocycles. The minimum absolute atomic E-state index is 0.0588. The number of ether oxygens (including phenoxy) is 2. The van der Waals surface area contributed by atoms with Gasteiger partial charge >= 0.3 is 5.97 Å². The van der Waals surface area contributed by atoms with Gasteiger partial charge in [-0.1, -0.05) is 35.1 Å². The minimum atomic E-state index is -0.705. The normalized spacial score (nSPS) is 15.6. The number of esters is 1. The van der Waals surface area contributed by atoms with E-state index in [4.69, 9.17) is 21.1 Å². The van der Waals surface area contributed by atoms with Crippen molar-refractivity contribution in [2.24, 2.45) is 4.99 Å². The Bertz CT molecular complexity index is 1510. The van der Waals surface area contributed by atoms with E-state index in [-0.39, 0.29) is 17.9 Å². The minimum Gasteiger partial charge on any atom is -0.504 e. The monoisotopic (exact) mass is 624 g/mol. The summed E-state index contributed by atoms with van der Waals surface area (Å²) in [5.41, 5.74) is 1.94. The molecule has 0 fully saturated rings. The number of nitrogens with zero attached hydrogens (tertiary/aromatic N) is 2. The Morgan fingerprint density at radius 1 is 1.26 bits per heavy atom. The lowest BCUT2D eigenvalue weighted by Gasteiger charge is -2.24. The molecule has 1 N–H and O–H groups in total. The van der Waals surface area contributed by atoms with Gasteiger partial charge in [0.05, 0.1) is 38.6 Å². The first kappa shape index (κ1) is 25.5. The third-order valence-electron chi connectivity index (χ3n) is 5.35. The molecule has 0 amide bonds. The number of benzene rings is 2. The van der Waals surface area contributed by atoms with Crippen molar-refractivity contribution in [3.63, 3.8) is 0 Å². The maximum absolute atomic E-state index is 13.7. The van der Waals surface area contributed by atoms with Crippen LogP contribution in [0, 0.1) is 3.57 Å². The summed E-state index contributed by atoms with van der Waals surface area (Å²) in [6, 6.07) is 9.77. The van der Waals surface area contributed by atoms with Crippen molar-refractivity contribution in [3.8, 4) is 11.5 Å². The molecule has 4 rings (SSSR count). The van der Waals surface area contributed by atoms with Crippen molar-refractivity contribution in [1.29, 1.82) is 0 Å². The topological polar surface area (TPSA) is 90.1 Å². The van der Waals surface area contributed by atoms with Crippen LogP contribution in [-0.2, 0) is 9.53 Å². The van der Waals surface area contributed by atoms with Gasteiger partial charge < -0.3 is 14.6 Å². The van der Waals surface area contributed by atoms with Crippen LogP contribution in [0.2, 0.25) is 5.02 Å². The van der Waals surface area contributed by atoms with E-state index in [1.165, 1.54) is 15.9 Å². The van der Waals surface area contributed by atoms with Crippen molar-refractivity contribution in [3.05, 3.63) is 87.1 Å². The van der Waals surface area contributed by atoms with Crippen LogP contribution < -0.4 is 19.6 Å². The summed E-state index contributed by atoms with van der Waals surface area (Å²) in [5, 5.41) is 10.8. The van der Waals surface area contributed by atoms with E-state index in [1.54, 1.807) is 56.3 Å². The summed E-state index contributed by atoms with van der Waals surface area (Å²) in [5.74, 6) is -0.112. The molecular formula is C25H22ClIN2O5S. The Morgan fingerprint density at radius 3 is 2.63 bits per heavy atom. The molecule has 0 aliphatic carbocycles. The molecule has 1 aliphatic heterocycles. The fourth-order valence-corrected chi connectivity index (χ4v) is 5.64. The second-order valence-corrected chi connectivity index (χ2v) is 10.2. The molecule has 3 aromatic rings. The molecule has 1 aromatic heterocycles. The van der Waals surface area contributed by atoms with Gasteiger partial charge in [-0.25, -0.2) is 9.79 Å².